The molecule has 0 heterocycles. The highest BCUT2D eigenvalue weighted by Gasteiger charge is 2.23. The minimum atomic E-state index is -3.59. The SMILES string of the molecule is COc1ccc(NCC(=O)Nc2cccc(C)c2)c(OC)c1S(C)(=O)=O. The molecule has 2 aromatic rings. The van der Waals surface area contributed by atoms with E-state index < -0.39 is 9.84 Å². The Morgan fingerprint density at radius 1 is 1.12 bits per heavy atom. The molecule has 7 nitrogen and oxygen atoms in total. The number of anilines is 2. The van der Waals surface area contributed by atoms with Crippen molar-refractivity contribution < 1.29 is 22.7 Å². The largest absolute Gasteiger partial charge is 0.495 e. The van der Waals surface area contributed by atoms with Gasteiger partial charge in [-0.2, -0.15) is 0 Å². The first-order valence-corrected chi connectivity index (χ1v) is 9.71. The normalized spacial score (nSPS) is 10.9. The summed E-state index contributed by atoms with van der Waals surface area (Å²) in [5.41, 5.74) is 2.11. The Kier molecular flexibility index (Phi) is 6.10. The number of amides is 1. The second kappa shape index (κ2) is 8.09. The molecule has 0 unspecified atom stereocenters. The van der Waals surface area contributed by atoms with E-state index >= 15 is 0 Å². The lowest BCUT2D eigenvalue weighted by Gasteiger charge is -2.16. The first-order chi connectivity index (χ1) is 12.3. The van der Waals surface area contributed by atoms with Crippen LogP contribution in [0, 0.1) is 6.92 Å². The number of hydrogen-bond acceptors (Lipinski definition) is 6. The van der Waals surface area contributed by atoms with Crippen molar-refractivity contribution in [1.29, 1.82) is 0 Å². The van der Waals surface area contributed by atoms with Crippen LogP contribution in [0.5, 0.6) is 11.5 Å². The average molecular weight is 378 g/mol. The fourth-order valence-corrected chi connectivity index (χ4v) is 3.55. The number of ether oxygens (including phenoxy) is 2. The Bertz CT molecular complexity index is 910. The van der Waals surface area contributed by atoms with Gasteiger partial charge in [-0.15, -0.1) is 0 Å². The highest BCUT2D eigenvalue weighted by molar-refractivity contribution is 7.91. The smallest absolute Gasteiger partial charge is 0.243 e. The molecular weight excluding hydrogens is 356 g/mol. The van der Waals surface area contributed by atoms with Gasteiger partial charge in [-0.3, -0.25) is 4.79 Å². The molecule has 0 aromatic heterocycles. The van der Waals surface area contributed by atoms with Crippen LogP contribution in [0.15, 0.2) is 41.3 Å². The van der Waals surface area contributed by atoms with Crippen LogP contribution in [-0.2, 0) is 14.6 Å². The Labute approximate surface area is 153 Å². The molecule has 0 atom stereocenters. The Morgan fingerprint density at radius 3 is 2.42 bits per heavy atom. The fraction of sp³-hybridized carbons (Fsp3) is 0.278. The third-order valence-corrected chi connectivity index (χ3v) is 4.74. The average Bonchev–Trinajstić information content (AvgIpc) is 2.58. The molecule has 0 saturated carbocycles. The van der Waals surface area contributed by atoms with Gasteiger partial charge in [0.1, 0.15) is 5.75 Å². The highest BCUT2D eigenvalue weighted by Crippen LogP contribution is 2.39. The second-order valence-electron chi connectivity index (χ2n) is 5.72. The zero-order valence-corrected chi connectivity index (χ0v) is 15.9. The zero-order chi connectivity index (χ0) is 19.3. The highest BCUT2D eigenvalue weighted by atomic mass is 32.2. The van der Waals surface area contributed by atoms with Gasteiger partial charge in [0.15, 0.2) is 20.5 Å². The van der Waals surface area contributed by atoms with Gasteiger partial charge in [-0.25, -0.2) is 8.42 Å². The fourth-order valence-electron chi connectivity index (χ4n) is 2.50. The summed E-state index contributed by atoms with van der Waals surface area (Å²) in [5.74, 6) is 0.0173. The summed E-state index contributed by atoms with van der Waals surface area (Å²) in [6.07, 6.45) is 1.07. The quantitative estimate of drug-likeness (QED) is 0.769. The van der Waals surface area contributed by atoms with Crippen molar-refractivity contribution in [2.45, 2.75) is 11.8 Å². The minimum Gasteiger partial charge on any atom is -0.495 e. The van der Waals surface area contributed by atoms with E-state index in [0.717, 1.165) is 11.8 Å². The molecule has 0 saturated heterocycles. The van der Waals surface area contributed by atoms with Crippen LogP contribution in [0.1, 0.15) is 5.56 Å². The van der Waals surface area contributed by atoms with E-state index in [0.29, 0.717) is 11.4 Å². The lowest BCUT2D eigenvalue weighted by Crippen LogP contribution is -2.22. The molecule has 0 aliphatic rings. The summed E-state index contributed by atoms with van der Waals surface area (Å²) in [5, 5.41) is 5.68. The van der Waals surface area contributed by atoms with Gasteiger partial charge in [-0.05, 0) is 36.8 Å². The topological polar surface area (TPSA) is 93.7 Å². The van der Waals surface area contributed by atoms with E-state index in [9.17, 15) is 13.2 Å². The van der Waals surface area contributed by atoms with Crippen LogP contribution in [0.4, 0.5) is 11.4 Å². The first-order valence-electron chi connectivity index (χ1n) is 7.81. The first kappa shape index (κ1) is 19.6. The molecular formula is C18H22N2O5S. The Hall–Kier alpha value is -2.74. The van der Waals surface area contributed by atoms with E-state index in [1.54, 1.807) is 12.1 Å². The van der Waals surface area contributed by atoms with Crippen molar-refractivity contribution in [1.82, 2.24) is 0 Å². The summed E-state index contributed by atoms with van der Waals surface area (Å²) in [4.78, 5) is 12.1. The second-order valence-corrected chi connectivity index (χ2v) is 7.67. The van der Waals surface area contributed by atoms with Crippen LogP contribution in [0.3, 0.4) is 0 Å². The van der Waals surface area contributed by atoms with Crippen molar-refractivity contribution >= 4 is 27.1 Å². The van der Waals surface area contributed by atoms with Crippen molar-refractivity contribution in [3.63, 3.8) is 0 Å². The van der Waals surface area contributed by atoms with Crippen LogP contribution >= 0.6 is 0 Å². The molecule has 140 valence electrons. The molecule has 0 bridgehead atoms. The van der Waals surface area contributed by atoms with E-state index in [4.69, 9.17) is 9.47 Å². The number of aryl methyl sites for hydroxylation is 1. The molecule has 1 amide bonds. The summed E-state index contributed by atoms with van der Waals surface area (Å²) < 4.78 is 34.6. The molecule has 0 spiro atoms. The van der Waals surface area contributed by atoms with Crippen molar-refractivity contribution in [3.8, 4) is 11.5 Å². The van der Waals surface area contributed by atoms with E-state index in [1.165, 1.54) is 20.3 Å². The van der Waals surface area contributed by atoms with Crippen molar-refractivity contribution in [2.75, 3.05) is 37.7 Å². The zero-order valence-electron chi connectivity index (χ0n) is 15.1. The number of benzene rings is 2. The molecule has 26 heavy (non-hydrogen) atoms. The standard InChI is InChI=1S/C18H22N2O5S/c1-12-6-5-7-13(10-12)20-16(21)11-19-14-8-9-15(24-2)18(17(14)25-3)26(4,22)23/h5-10,19H,11H2,1-4H3,(H,20,21). The molecule has 0 aliphatic carbocycles. The number of methoxy groups -OCH3 is 2. The Morgan fingerprint density at radius 2 is 1.85 bits per heavy atom. The Balaban J connectivity index is 2.20. The van der Waals surface area contributed by atoms with Crippen LogP contribution < -0.4 is 20.1 Å². The monoisotopic (exact) mass is 378 g/mol. The van der Waals surface area contributed by atoms with Crippen molar-refractivity contribution in [2.24, 2.45) is 0 Å². The maximum absolute atomic E-state index is 12.1. The lowest BCUT2D eigenvalue weighted by atomic mass is 10.2. The number of nitrogens with one attached hydrogen (secondary N) is 2. The maximum atomic E-state index is 12.1. The number of sulfone groups is 1. The number of rotatable bonds is 7. The van der Waals surface area contributed by atoms with E-state index in [1.807, 2.05) is 25.1 Å². The van der Waals surface area contributed by atoms with Crippen molar-refractivity contribution in [3.05, 3.63) is 42.0 Å². The summed E-state index contributed by atoms with van der Waals surface area (Å²) >= 11 is 0. The molecule has 0 aliphatic heterocycles. The van der Waals surface area contributed by atoms with Crippen LogP contribution in [0.2, 0.25) is 0 Å². The number of hydrogen-bond donors (Lipinski definition) is 2. The lowest BCUT2D eigenvalue weighted by molar-refractivity contribution is -0.114. The molecule has 8 heteroatoms. The molecule has 2 rings (SSSR count). The molecule has 2 aromatic carbocycles. The van der Waals surface area contributed by atoms with Gasteiger partial charge in [0.25, 0.3) is 0 Å². The van der Waals surface area contributed by atoms with Gasteiger partial charge in [0, 0.05) is 11.9 Å². The molecule has 0 fully saturated rings. The van der Waals surface area contributed by atoms with Gasteiger partial charge < -0.3 is 20.1 Å². The number of carbonyl (C=O) groups is 1. The third-order valence-electron chi connectivity index (χ3n) is 3.61. The van der Waals surface area contributed by atoms with Gasteiger partial charge in [0.05, 0.1) is 26.5 Å². The van der Waals surface area contributed by atoms with Crippen LogP contribution in [0.25, 0.3) is 0 Å². The third kappa shape index (κ3) is 4.66. The summed E-state index contributed by atoms with van der Waals surface area (Å²) in [7, 11) is -0.850. The van der Waals surface area contributed by atoms with Gasteiger partial charge in [-0.1, -0.05) is 12.1 Å². The van der Waals surface area contributed by atoms with Gasteiger partial charge in [0.2, 0.25) is 5.91 Å². The molecule has 0 radical (unpaired) electrons. The predicted molar refractivity (Wildman–Crippen MR) is 101 cm³/mol. The summed E-state index contributed by atoms with van der Waals surface area (Å²) in [6, 6.07) is 10.5. The van der Waals surface area contributed by atoms with E-state index in [-0.39, 0.29) is 28.8 Å². The number of carbonyl (C=O) groups excluding carboxylic acids is 1. The molecule has 2 N–H and O–H groups in total. The predicted octanol–water partition coefficient (Wildman–Crippen LogP) is 2.47. The maximum Gasteiger partial charge on any atom is 0.243 e. The summed E-state index contributed by atoms with van der Waals surface area (Å²) in [6.45, 7) is 1.88. The minimum absolute atomic E-state index is 0.0557. The van der Waals surface area contributed by atoms with Gasteiger partial charge >= 0.3 is 0 Å². The van der Waals surface area contributed by atoms with Crippen LogP contribution in [-0.4, -0.2) is 41.3 Å². The van der Waals surface area contributed by atoms with E-state index in [2.05, 4.69) is 10.6 Å².